The molecule has 20 heavy (non-hydrogen) atoms. The van der Waals surface area contributed by atoms with Crippen LogP contribution in [0.4, 0.5) is 0 Å². The van der Waals surface area contributed by atoms with Crippen molar-refractivity contribution in [1.29, 1.82) is 0 Å². The van der Waals surface area contributed by atoms with E-state index in [4.69, 9.17) is 0 Å². The summed E-state index contributed by atoms with van der Waals surface area (Å²) in [6.45, 7) is 0.814. The zero-order valence-electron chi connectivity index (χ0n) is 10.7. The molecule has 0 aromatic heterocycles. The Balaban J connectivity index is 1.99. The number of nitrogens with zero attached hydrogens (tertiary/aromatic N) is 1. The van der Waals surface area contributed by atoms with E-state index in [-0.39, 0.29) is 10.8 Å². The van der Waals surface area contributed by atoms with Crippen molar-refractivity contribution in [2.45, 2.75) is 4.87 Å². The standard InChI is InChI=1S/C16H12BrNOS/c17-12-7-5-11(6-8-12)16-14-4-2-1-3-13(14)15(19)18(16)9-10-20-16/h1-8H,9-10H2/t16-/m1/s1. The Morgan fingerprint density at radius 2 is 1.85 bits per heavy atom. The number of halogens is 1. The fourth-order valence-corrected chi connectivity index (χ4v) is 4.97. The van der Waals surface area contributed by atoms with Gasteiger partial charge in [0.15, 0.2) is 0 Å². The molecule has 0 saturated carbocycles. The third-order valence-electron chi connectivity index (χ3n) is 4.01. The normalized spacial score (nSPS) is 23.9. The molecular weight excluding hydrogens is 334 g/mol. The zero-order chi connectivity index (χ0) is 13.7. The number of rotatable bonds is 1. The van der Waals surface area contributed by atoms with Gasteiger partial charge >= 0.3 is 0 Å². The van der Waals surface area contributed by atoms with Crippen molar-refractivity contribution >= 4 is 33.6 Å². The number of hydrogen-bond donors (Lipinski definition) is 0. The molecule has 0 spiro atoms. The fraction of sp³-hybridized carbons (Fsp3) is 0.188. The van der Waals surface area contributed by atoms with Gasteiger partial charge in [0.1, 0.15) is 4.87 Å². The Bertz CT molecular complexity index is 700. The van der Waals surface area contributed by atoms with E-state index in [0.717, 1.165) is 27.9 Å². The summed E-state index contributed by atoms with van der Waals surface area (Å²) >= 11 is 5.34. The maximum atomic E-state index is 12.6. The summed E-state index contributed by atoms with van der Waals surface area (Å²) in [5.74, 6) is 1.14. The van der Waals surface area contributed by atoms with E-state index in [2.05, 4.69) is 34.1 Å². The van der Waals surface area contributed by atoms with Gasteiger partial charge in [0.05, 0.1) is 0 Å². The molecule has 1 amide bonds. The second kappa shape index (κ2) is 4.37. The largest absolute Gasteiger partial charge is 0.315 e. The molecule has 1 saturated heterocycles. The first kappa shape index (κ1) is 12.5. The Kier molecular flexibility index (Phi) is 2.72. The molecule has 4 heteroatoms. The molecule has 0 aliphatic carbocycles. The van der Waals surface area contributed by atoms with E-state index in [1.54, 1.807) is 0 Å². The third-order valence-corrected chi connectivity index (χ3v) is 6.02. The molecule has 2 heterocycles. The number of amides is 1. The fourth-order valence-electron chi connectivity index (χ4n) is 3.17. The first-order valence-corrected chi connectivity index (χ1v) is 8.33. The van der Waals surface area contributed by atoms with E-state index in [0.29, 0.717) is 0 Å². The van der Waals surface area contributed by atoms with Gasteiger partial charge in [-0.25, -0.2) is 0 Å². The Morgan fingerprint density at radius 3 is 2.65 bits per heavy atom. The van der Waals surface area contributed by atoms with Gasteiger partial charge in [0, 0.05) is 27.9 Å². The highest BCUT2D eigenvalue weighted by Crippen LogP contribution is 2.55. The number of thioether (sulfide) groups is 1. The Labute approximate surface area is 130 Å². The number of fused-ring (bicyclic) bond motifs is 3. The molecule has 0 radical (unpaired) electrons. The molecule has 4 rings (SSSR count). The number of carbonyl (C=O) groups is 1. The van der Waals surface area contributed by atoms with Gasteiger partial charge in [0.2, 0.25) is 0 Å². The van der Waals surface area contributed by atoms with Gasteiger partial charge in [-0.1, -0.05) is 46.3 Å². The van der Waals surface area contributed by atoms with Crippen LogP contribution in [-0.4, -0.2) is 23.1 Å². The molecule has 2 nitrogen and oxygen atoms in total. The predicted molar refractivity (Wildman–Crippen MR) is 84.9 cm³/mol. The van der Waals surface area contributed by atoms with Crippen LogP contribution >= 0.6 is 27.7 Å². The summed E-state index contributed by atoms with van der Waals surface area (Å²) in [6, 6.07) is 16.3. The van der Waals surface area contributed by atoms with Gasteiger partial charge < -0.3 is 4.90 Å². The van der Waals surface area contributed by atoms with Gasteiger partial charge in [-0.05, 0) is 23.8 Å². The lowest BCUT2D eigenvalue weighted by Gasteiger charge is -2.32. The van der Waals surface area contributed by atoms with Crippen LogP contribution in [0.5, 0.6) is 0 Å². The summed E-state index contributed by atoms with van der Waals surface area (Å²) in [7, 11) is 0. The molecule has 2 aliphatic heterocycles. The minimum Gasteiger partial charge on any atom is -0.315 e. The average molecular weight is 346 g/mol. The van der Waals surface area contributed by atoms with E-state index >= 15 is 0 Å². The molecule has 2 aromatic carbocycles. The summed E-state index contributed by atoms with van der Waals surface area (Å²) in [6.07, 6.45) is 0. The van der Waals surface area contributed by atoms with E-state index in [1.165, 1.54) is 5.56 Å². The summed E-state index contributed by atoms with van der Waals surface area (Å²) in [4.78, 5) is 14.3. The van der Waals surface area contributed by atoms with E-state index in [9.17, 15) is 4.79 Å². The van der Waals surface area contributed by atoms with Crippen LogP contribution in [0, 0.1) is 0 Å². The highest BCUT2D eigenvalue weighted by Gasteiger charge is 2.54. The second-order valence-corrected chi connectivity index (χ2v) is 7.21. The van der Waals surface area contributed by atoms with Crippen molar-refractivity contribution in [3.63, 3.8) is 0 Å². The van der Waals surface area contributed by atoms with Crippen molar-refractivity contribution in [3.8, 4) is 0 Å². The first-order valence-electron chi connectivity index (χ1n) is 6.55. The molecule has 100 valence electrons. The minimum absolute atomic E-state index is 0.161. The second-order valence-electron chi connectivity index (χ2n) is 5.00. The van der Waals surface area contributed by atoms with Crippen LogP contribution in [-0.2, 0) is 4.87 Å². The van der Waals surface area contributed by atoms with Gasteiger partial charge in [-0.3, -0.25) is 4.79 Å². The maximum absolute atomic E-state index is 12.6. The van der Waals surface area contributed by atoms with Crippen LogP contribution in [0.15, 0.2) is 53.0 Å². The molecule has 1 atom stereocenters. The van der Waals surface area contributed by atoms with Crippen molar-refractivity contribution in [2.24, 2.45) is 0 Å². The van der Waals surface area contributed by atoms with Crippen LogP contribution in [0.1, 0.15) is 21.5 Å². The lowest BCUT2D eigenvalue weighted by molar-refractivity contribution is 0.0752. The Morgan fingerprint density at radius 1 is 1.10 bits per heavy atom. The van der Waals surface area contributed by atoms with E-state index in [1.807, 2.05) is 47.0 Å². The van der Waals surface area contributed by atoms with Crippen molar-refractivity contribution in [2.75, 3.05) is 12.3 Å². The van der Waals surface area contributed by atoms with Crippen LogP contribution < -0.4 is 0 Å². The predicted octanol–water partition coefficient (Wildman–Crippen LogP) is 3.85. The van der Waals surface area contributed by atoms with Crippen LogP contribution in [0.3, 0.4) is 0 Å². The molecule has 0 unspecified atom stereocenters. The highest BCUT2D eigenvalue weighted by molar-refractivity contribution is 9.10. The first-order chi connectivity index (χ1) is 9.73. The van der Waals surface area contributed by atoms with Crippen molar-refractivity contribution in [1.82, 2.24) is 4.90 Å². The lowest BCUT2D eigenvalue weighted by Crippen LogP contribution is -2.37. The zero-order valence-corrected chi connectivity index (χ0v) is 13.1. The van der Waals surface area contributed by atoms with Crippen molar-refractivity contribution in [3.05, 3.63) is 69.7 Å². The number of carbonyl (C=O) groups excluding carboxylic acids is 1. The molecule has 0 bridgehead atoms. The van der Waals surface area contributed by atoms with Gasteiger partial charge in [-0.15, -0.1) is 11.8 Å². The lowest BCUT2D eigenvalue weighted by atomic mass is 9.97. The monoisotopic (exact) mass is 345 g/mol. The number of hydrogen-bond acceptors (Lipinski definition) is 2. The van der Waals surface area contributed by atoms with Gasteiger partial charge in [-0.2, -0.15) is 0 Å². The van der Waals surface area contributed by atoms with E-state index < -0.39 is 0 Å². The molecule has 2 aromatic rings. The quantitative estimate of drug-likeness (QED) is 0.782. The summed E-state index contributed by atoms with van der Waals surface area (Å²) < 4.78 is 1.06. The molecular formula is C16H12BrNOS. The van der Waals surface area contributed by atoms with Crippen molar-refractivity contribution < 1.29 is 4.79 Å². The highest BCUT2D eigenvalue weighted by atomic mass is 79.9. The van der Waals surface area contributed by atoms with Crippen LogP contribution in [0.2, 0.25) is 0 Å². The number of benzene rings is 2. The smallest absolute Gasteiger partial charge is 0.255 e. The molecule has 2 aliphatic rings. The minimum atomic E-state index is -0.325. The SMILES string of the molecule is O=C1c2ccccc2[C@@]2(c3ccc(Br)cc3)SCCN12. The maximum Gasteiger partial charge on any atom is 0.255 e. The average Bonchev–Trinajstić information content (AvgIpc) is 3.01. The summed E-state index contributed by atoms with van der Waals surface area (Å²) in [5.41, 5.74) is 3.17. The summed E-state index contributed by atoms with van der Waals surface area (Å²) in [5, 5.41) is 0. The molecule has 0 N–H and O–H groups in total. The molecule has 1 fully saturated rings. The topological polar surface area (TPSA) is 20.3 Å². The van der Waals surface area contributed by atoms with Gasteiger partial charge in [0.25, 0.3) is 5.91 Å². The van der Waals surface area contributed by atoms with Crippen LogP contribution in [0.25, 0.3) is 0 Å². The Hall–Kier alpha value is -1.26. The third kappa shape index (κ3) is 1.49.